The Morgan fingerprint density at radius 2 is 2.12 bits per heavy atom. The molecule has 0 bridgehead atoms. The van der Waals surface area contributed by atoms with Crippen molar-refractivity contribution in [3.8, 4) is 5.75 Å². The molecule has 0 amide bonds. The van der Waals surface area contributed by atoms with E-state index in [0.717, 1.165) is 10.9 Å². The molecule has 1 rings (SSSR count). The molecule has 1 aromatic carbocycles. The van der Waals surface area contributed by atoms with Crippen molar-refractivity contribution in [2.24, 2.45) is 5.41 Å². The topological polar surface area (TPSA) is 46.5 Å². The molecule has 0 aliphatic heterocycles. The van der Waals surface area contributed by atoms with Gasteiger partial charge in [-0.2, -0.15) is 0 Å². The Balaban J connectivity index is 2.73. The van der Waals surface area contributed by atoms with Crippen molar-refractivity contribution in [1.29, 1.82) is 0 Å². The molecule has 0 saturated heterocycles. The number of benzene rings is 1. The van der Waals surface area contributed by atoms with Gasteiger partial charge in [0.25, 0.3) is 0 Å². The maximum absolute atomic E-state index is 10.9. The second-order valence-corrected chi connectivity index (χ2v) is 5.45. The molecule has 0 fully saturated rings. The zero-order valence-corrected chi connectivity index (χ0v) is 11.9. The summed E-state index contributed by atoms with van der Waals surface area (Å²) < 4.78 is 6.39. The number of hydrogen-bond donors (Lipinski definition) is 1. The second-order valence-electron chi connectivity index (χ2n) is 4.60. The number of carboxylic acids is 1. The summed E-state index contributed by atoms with van der Waals surface area (Å²) in [5.74, 6) is -0.185. The lowest BCUT2D eigenvalue weighted by Gasteiger charge is -2.20. The number of rotatable bonds is 5. The van der Waals surface area contributed by atoms with Gasteiger partial charge >= 0.3 is 5.97 Å². The fraction of sp³-hybridized carbons (Fsp3) is 0.462. The van der Waals surface area contributed by atoms with E-state index in [1.807, 2.05) is 18.2 Å². The van der Waals surface area contributed by atoms with Gasteiger partial charge in [0, 0.05) is 0 Å². The Kier molecular flexibility index (Phi) is 4.57. The van der Waals surface area contributed by atoms with Crippen LogP contribution in [0.2, 0.25) is 0 Å². The molecule has 0 atom stereocenters. The largest absolute Gasteiger partial charge is 0.491 e. The minimum absolute atomic E-state index is 0.145. The summed E-state index contributed by atoms with van der Waals surface area (Å²) in [5.41, 5.74) is 0.324. The fourth-order valence-corrected chi connectivity index (χ4v) is 1.74. The van der Waals surface area contributed by atoms with E-state index < -0.39 is 11.4 Å². The van der Waals surface area contributed by atoms with E-state index in [0.29, 0.717) is 5.75 Å². The number of hydrogen-bond acceptors (Lipinski definition) is 2. The van der Waals surface area contributed by atoms with Crippen LogP contribution in [-0.2, 0) is 11.2 Å². The van der Waals surface area contributed by atoms with Crippen LogP contribution >= 0.6 is 15.9 Å². The van der Waals surface area contributed by atoms with Crippen molar-refractivity contribution in [1.82, 2.24) is 0 Å². The van der Waals surface area contributed by atoms with Crippen molar-refractivity contribution in [3.05, 3.63) is 28.2 Å². The summed E-state index contributed by atoms with van der Waals surface area (Å²) in [6.07, 6.45) is 0.958. The molecule has 1 N–H and O–H groups in total. The highest BCUT2D eigenvalue weighted by Gasteiger charge is 2.28. The van der Waals surface area contributed by atoms with E-state index in [2.05, 4.69) is 22.9 Å². The first kappa shape index (κ1) is 14.0. The van der Waals surface area contributed by atoms with Crippen LogP contribution < -0.4 is 4.74 Å². The van der Waals surface area contributed by atoms with Gasteiger partial charge in [-0.1, -0.05) is 13.0 Å². The minimum atomic E-state index is -0.886. The predicted octanol–water partition coefficient (Wildman–Crippen LogP) is 3.50. The number of aryl methyl sites for hydroxylation is 1. The molecular formula is C13H17BrO3. The summed E-state index contributed by atoms with van der Waals surface area (Å²) in [6, 6.07) is 5.83. The maximum atomic E-state index is 10.9. The lowest BCUT2D eigenvalue weighted by Crippen LogP contribution is -2.30. The molecule has 1 aromatic rings. The zero-order valence-electron chi connectivity index (χ0n) is 10.3. The van der Waals surface area contributed by atoms with Crippen LogP contribution in [0.25, 0.3) is 0 Å². The smallest absolute Gasteiger partial charge is 0.312 e. The Bertz CT molecular complexity index is 413. The molecule has 0 unspecified atom stereocenters. The molecule has 0 aliphatic rings. The summed E-state index contributed by atoms with van der Waals surface area (Å²) in [6.45, 7) is 5.51. The third-order valence-electron chi connectivity index (χ3n) is 2.57. The number of ether oxygens (including phenoxy) is 1. The van der Waals surface area contributed by atoms with Gasteiger partial charge in [0.15, 0.2) is 0 Å². The molecule has 0 aliphatic carbocycles. The average molecular weight is 301 g/mol. The summed E-state index contributed by atoms with van der Waals surface area (Å²) in [4.78, 5) is 10.9. The lowest BCUT2D eigenvalue weighted by molar-refractivity contribution is -0.148. The van der Waals surface area contributed by atoms with E-state index in [1.54, 1.807) is 13.8 Å². The van der Waals surface area contributed by atoms with Gasteiger partial charge in [0.1, 0.15) is 12.4 Å². The molecule has 0 radical (unpaired) electrons. The number of halogens is 1. The van der Waals surface area contributed by atoms with E-state index in [-0.39, 0.29) is 6.61 Å². The van der Waals surface area contributed by atoms with Gasteiger partial charge < -0.3 is 9.84 Å². The Hall–Kier alpha value is -1.03. The van der Waals surface area contributed by atoms with E-state index in [4.69, 9.17) is 9.84 Å². The van der Waals surface area contributed by atoms with Gasteiger partial charge in [-0.3, -0.25) is 4.79 Å². The lowest BCUT2D eigenvalue weighted by atomic mass is 9.95. The van der Waals surface area contributed by atoms with Gasteiger partial charge in [-0.05, 0) is 53.9 Å². The predicted molar refractivity (Wildman–Crippen MR) is 70.4 cm³/mol. The van der Waals surface area contributed by atoms with Crippen molar-refractivity contribution >= 4 is 21.9 Å². The normalized spacial score (nSPS) is 11.3. The first-order valence-corrected chi connectivity index (χ1v) is 6.30. The van der Waals surface area contributed by atoms with E-state index in [9.17, 15) is 4.79 Å². The van der Waals surface area contributed by atoms with Gasteiger partial charge in [-0.25, -0.2) is 0 Å². The third-order valence-corrected chi connectivity index (χ3v) is 3.19. The molecule has 4 heteroatoms. The number of aliphatic carboxylic acids is 1. The van der Waals surface area contributed by atoms with Crippen LogP contribution in [0.4, 0.5) is 0 Å². The highest BCUT2D eigenvalue weighted by Crippen LogP contribution is 2.28. The fourth-order valence-electron chi connectivity index (χ4n) is 1.20. The Morgan fingerprint density at radius 1 is 1.47 bits per heavy atom. The molecule has 17 heavy (non-hydrogen) atoms. The average Bonchev–Trinajstić information content (AvgIpc) is 2.27. The van der Waals surface area contributed by atoms with Crippen molar-refractivity contribution in [3.63, 3.8) is 0 Å². The quantitative estimate of drug-likeness (QED) is 0.905. The maximum Gasteiger partial charge on any atom is 0.312 e. The first-order valence-electron chi connectivity index (χ1n) is 5.51. The minimum Gasteiger partial charge on any atom is -0.491 e. The molecule has 94 valence electrons. The second kappa shape index (κ2) is 5.54. The van der Waals surface area contributed by atoms with Crippen molar-refractivity contribution in [2.45, 2.75) is 27.2 Å². The van der Waals surface area contributed by atoms with Crippen LogP contribution in [0.1, 0.15) is 26.3 Å². The van der Waals surface area contributed by atoms with Crippen LogP contribution in [0.3, 0.4) is 0 Å². The molecule has 0 heterocycles. The standard InChI is InChI=1S/C13H17BrO3/c1-4-9-5-6-11(10(14)7-9)17-8-13(2,3)12(15)16/h5-7H,4,8H2,1-3H3,(H,15,16). The summed E-state index contributed by atoms with van der Waals surface area (Å²) >= 11 is 3.42. The molecule has 0 saturated carbocycles. The van der Waals surface area contributed by atoms with Crippen molar-refractivity contribution < 1.29 is 14.6 Å². The molecule has 0 aromatic heterocycles. The first-order chi connectivity index (χ1) is 7.86. The van der Waals surface area contributed by atoms with E-state index >= 15 is 0 Å². The highest BCUT2D eigenvalue weighted by molar-refractivity contribution is 9.10. The monoisotopic (exact) mass is 300 g/mol. The zero-order chi connectivity index (χ0) is 13.1. The third kappa shape index (κ3) is 3.73. The van der Waals surface area contributed by atoms with E-state index in [1.165, 1.54) is 5.56 Å². The van der Waals surface area contributed by atoms with Gasteiger partial charge in [0.2, 0.25) is 0 Å². The van der Waals surface area contributed by atoms with Crippen LogP contribution in [0.15, 0.2) is 22.7 Å². The molecular weight excluding hydrogens is 284 g/mol. The van der Waals surface area contributed by atoms with Gasteiger partial charge in [-0.15, -0.1) is 0 Å². The molecule has 0 spiro atoms. The summed E-state index contributed by atoms with van der Waals surface area (Å²) in [5, 5.41) is 8.98. The van der Waals surface area contributed by atoms with Crippen LogP contribution in [0.5, 0.6) is 5.75 Å². The number of carboxylic acid groups (broad SMARTS) is 1. The van der Waals surface area contributed by atoms with Gasteiger partial charge in [0.05, 0.1) is 9.89 Å². The van der Waals surface area contributed by atoms with Crippen LogP contribution in [0, 0.1) is 5.41 Å². The Morgan fingerprint density at radius 3 is 2.59 bits per heavy atom. The van der Waals surface area contributed by atoms with Crippen LogP contribution in [-0.4, -0.2) is 17.7 Å². The van der Waals surface area contributed by atoms with Crippen molar-refractivity contribution in [2.75, 3.05) is 6.61 Å². The number of carbonyl (C=O) groups is 1. The Labute approximate surface area is 110 Å². The highest BCUT2D eigenvalue weighted by atomic mass is 79.9. The summed E-state index contributed by atoms with van der Waals surface area (Å²) in [7, 11) is 0. The SMILES string of the molecule is CCc1ccc(OCC(C)(C)C(=O)O)c(Br)c1. The molecule has 3 nitrogen and oxygen atoms in total.